The van der Waals surface area contributed by atoms with Crippen LogP contribution in [0.15, 0.2) is 30.5 Å². The van der Waals surface area contributed by atoms with E-state index in [4.69, 9.17) is 4.74 Å². The van der Waals surface area contributed by atoms with E-state index < -0.39 is 4.92 Å². The van der Waals surface area contributed by atoms with Gasteiger partial charge in [0.2, 0.25) is 5.95 Å². The topological polar surface area (TPSA) is 111 Å². The van der Waals surface area contributed by atoms with Crippen LogP contribution in [-0.2, 0) is 6.54 Å². The SMILES string of the molecule is CC(C)c1cnn2c(NCc3cccc([N+](=O)[O-])c3)nc(OC3CCN(C)CC3)nc12. The molecule has 1 fully saturated rings. The van der Waals surface area contributed by atoms with Gasteiger partial charge in [-0.3, -0.25) is 10.1 Å². The number of hydrogen-bond donors (Lipinski definition) is 1. The first-order chi connectivity index (χ1) is 14.9. The molecule has 1 aromatic carbocycles. The average molecular weight is 425 g/mol. The van der Waals surface area contributed by atoms with E-state index in [1.165, 1.54) is 6.07 Å². The zero-order valence-corrected chi connectivity index (χ0v) is 18.0. The Morgan fingerprint density at radius 3 is 2.77 bits per heavy atom. The van der Waals surface area contributed by atoms with E-state index in [9.17, 15) is 10.1 Å². The largest absolute Gasteiger partial charge is 0.460 e. The third-order valence-corrected chi connectivity index (χ3v) is 5.51. The summed E-state index contributed by atoms with van der Waals surface area (Å²) in [7, 11) is 2.11. The Morgan fingerprint density at radius 2 is 2.06 bits per heavy atom. The number of rotatable bonds is 7. The van der Waals surface area contributed by atoms with Gasteiger partial charge < -0.3 is 15.0 Å². The minimum Gasteiger partial charge on any atom is -0.460 e. The fourth-order valence-electron chi connectivity index (χ4n) is 3.66. The first-order valence-corrected chi connectivity index (χ1v) is 10.5. The Bertz CT molecular complexity index is 1070. The van der Waals surface area contributed by atoms with Crippen LogP contribution >= 0.6 is 0 Å². The monoisotopic (exact) mass is 425 g/mol. The van der Waals surface area contributed by atoms with E-state index in [1.54, 1.807) is 22.8 Å². The highest BCUT2D eigenvalue weighted by molar-refractivity contribution is 5.53. The minimum atomic E-state index is -0.400. The number of hydrogen-bond acceptors (Lipinski definition) is 8. The smallest absolute Gasteiger partial charge is 0.322 e. The van der Waals surface area contributed by atoms with Gasteiger partial charge in [0, 0.05) is 37.3 Å². The van der Waals surface area contributed by atoms with Gasteiger partial charge in [0.15, 0.2) is 5.65 Å². The zero-order valence-electron chi connectivity index (χ0n) is 18.0. The first kappa shape index (κ1) is 21.0. The number of piperidine rings is 1. The van der Waals surface area contributed by atoms with Gasteiger partial charge in [0.05, 0.1) is 11.1 Å². The molecule has 0 amide bonds. The highest BCUT2D eigenvalue weighted by Crippen LogP contribution is 2.24. The van der Waals surface area contributed by atoms with Gasteiger partial charge in [-0.05, 0) is 31.4 Å². The van der Waals surface area contributed by atoms with Gasteiger partial charge in [0.25, 0.3) is 5.69 Å². The van der Waals surface area contributed by atoms with Crippen molar-refractivity contribution in [2.24, 2.45) is 0 Å². The van der Waals surface area contributed by atoms with Crippen LogP contribution in [0.2, 0.25) is 0 Å². The first-order valence-electron chi connectivity index (χ1n) is 10.5. The molecule has 1 saturated heterocycles. The molecular formula is C21H27N7O3. The van der Waals surface area contributed by atoms with Crippen LogP contribution in [-0.4, -0.2) is 55.6 Å². The second-order valence-electron chi connectivity index (χ2n) is 8.22. The van der Waals surface area contributed by atoms with Gasteiger partial charge in [-0.1, -0.05) is 26.0 Å². The molecule has 10 heteroatoms. The number of likely N-dealkylation sites (tertiary alicyclic amines) is 1. The number of non-ortho nitro benzene ring substituents is 1. The summed E-state index contributed by atoms with van der Waals surface area (Å²) in [5.74, 6) is 0.736. The van der Waals surface area contributed by atoms with Gasteiger partial charge in [0.1, 0.15) is 6.10 Å². The van der Waals surface area contributed by atoms with Crippen molar-refractivity contribution >= 4 is 17.3 Å². The molecule has 0 aliphatic carbocycles. The predicted octanol–water partition coefficient (Wildman–Crippen LogP) is 3.24. The average Bonchev–Trinajstić information content (AvgIpc) is 3.18. The maximum Gasteiger partial charge on any atom is 0.322 e. The molecular weight excluding hydrogens is 398 g/mol. The third kappa shape index (κ3) is 4.74. The van der Waals surface area contributed by atoms with Crippen LogP contribution in [0.5, 0.6) is 6.01 Å². The predicted molar refractivity (Wildman–Crippen MR) is 116 cm³/mol. The molecule has 3 heterocycles. The molecule has 0 atom stereocenters. The summed E-state index contributed by atoms with van der Waals surface area (Å²) in [5, 5.41) is 18.8. The highest BCUT2D eigenvalue weighted by atomic mass is 16.6. The molecule has 0 radical (unpaired) electrons. The molecule has 4 rings (SSSR count). The number of nitro benzene ring substituents is 1. The number of nitrogens with one attached hydrogen (secondary N) is 1. The number of nitrogens with zero attached hydrogens (tertiary/aromatic N) is 6. The van der Waals surface area contributed by atoms with Crippen molar-refractivity contribution < 1.29 is 9.66 Å². The summed E-state index contributed by atoms with van der Waals surface area (Å²) in [6.07, 6.45) is 3.73. The lowest BCUT2D eigenvalue weighted by Gasteiger charge is -2.28. The van der Waals surface area contributed by atoms with Gasteiger partial charge >= 0.3 is 6.01 Å². The van der Waals surface area contributed by atoms with Crippen molar-refractivity contribution in [1.29, 1.82) is 0 Å². The summed E-state index contributed by atoms with van der Waals surface area (Å²) in [4.78, 5) is 22.1. The zero-order chi connectivity index (χ0) is 22.0. The number of ether oxygens (including phenoxy) is 1. The number of anilines is 1. The quantitative estimate of drug-likeness (QED) is 0.454. The normalized spacial score (nSPS) is 15.5. The van der Waals surface area contributed by atoms with Crippen molar-refractivity contribution in [3.8, 4) is 6.01 Å². The third-order valence-electron chi connectivity index (χ3n) is 5.51. The molecule has 3 aromatic rings. The lowest BCUT2D eigenvalue weighted by molar-refractivity contribution is -0.384. The van der Waals surface area contributed by atoms with E-state index in [-0.39, 0.29) is 17.7 Å². The van der Waals surface area contributed by atoms with E-state index in [0.29, 0.717) is 24.2 Å². The Morgan fingerprint density at radius 1 is 1.29 bits per heavy atom. The summed E-state index contributed by atoms with van der Waals surface area (Å²) < 4.78 is 7.80. The fourth-order valence-corrected chi connectivity index (χ4v) is 3.66. The molecule has 0 saturated carbocycles. The van der Waals surface area contributed by atoms with Crippen molar-refractivity contribution in [3.05, 3.63) is 51.7 Å². The van der Waals surface area contributed by atoms with Crippen LogP contribution in [0.3, 0.4) is 0 Å². The molecule has 10 nitrogen and oxygen atoms in total. The van der Waals surface area contributed by atoms with Crippen molar-refractivity contribution in [2.45, 2.75) is 45.3 Å². The summed E-state index contributed by atoms with van der Waals surface area (Å²) in [6.45, 7) is 6.50. The summed E-state index contributed by atoms with van der Waals surface area (Å²) in [6, 6.07) is 6.85. The molecule has 0 spiro atoms. The number of nitro groups is 1. The fraction of sp³-hybridized carbons (Fsp3) is 0.476. The molecule has 1 N–H and O–H groups in total. The highest BCUT2D eigenvalue weighted by Gasteiger charge is 2.21. The van der Waals surface area contributed by atoms with Gasteiger partial charge in [-0.15, -0.1) is 0 Å². The lowest BCUT2D eigenvalue weighted by atomic mass is 10.1. The number of aromatic nitrogens is 4. The Labute approximate surface area is 180 Å². The van der Waals surface area contributed by atoms with E-state index in [2.05, 4.69) is 46.2 Å². The van der Waals surface area contributed by atoms with Crippen molar-refractivity contribution in [2.75, 3.05) is 25.5 Å². The van der Waals surface area contributed by atoms with E-state index in [1.807, 2.05) is 6.07 Å². The molecule has 1 aliphatic heterocycles. The van der Waals surface area contributed by atoms with Crippen LogP contribution < -0.4 is 10.1 Å². The molecule has 1 aliphatic rings. The summed E-state index contributed by atoms with van der Waals surface area (Å²) >= 11 is 0. The Kier molecular flexibility index (Phi) is 5.99. The number of benzene rings is 1. The van der Waals surface area contributed by atoms with Gasteiger partial charge in [-0.25, -0.2) is 0 Å². The van der Waals surface area contributed by atoms with E-state index in [0.717, 1.165) is 37.1 Å². The van der Waals surface area contributed by atoms with Crippen molar-refractivity contribution in [3.63, 3.8) is 0 Å². The molecule has 0 bridgehead atoms. The lowest BCUT2D eigenvalue weighted by Crippen LogP contribution is -2.36. The second-order valence-corrected chi connectivity index (χ2v) is 8.22. The van der Waals surface area contributed by atoms with E-state index >= 15 is 0 Å². The maximum absolute atomic E-state index is 11.1. The molecule has 31 heavy (non-hydrogen) atoms. The standard InChI is InChI=1S/C21H27N7O3/c1-14(2)18-13-23-27-19(18)24-21(31-17-7-9-26(3)10-8-17)25-20(27)22-12-15-5-4-6-16(11-15)28(29)30/h4-6,11,13-14,17H,7-10,12H2,1-3H3,(H,22,24,25). The Hall–Kier alpha value is -3.27. The maximum atomic E-state index is 11.1. The molecule has 2 aromatic heterocycles. The van der Waals surface area contributed by atoms with Crippen LogP contribution in [0, 0.1) is 10.1 Å². The second kappa shape index (κ2) is 8.84. The number of fused-ring (bicyclic) bond motifs is 1. The Balaban J connectivity index is 1.61. The summed E-state index contributed by atoms with van der Waals surface area (Å²) in [5.41, 5.74) is 2.54. The molecule has 164 valence electrons. The molecule has 0 unspecified atom stereocenters. The van der Waals surface area contributed by atoms with Crippen LogP contribution in [0.1, 0.15) is 43.7 Å². The van der Waals surface area contributed by atoms with Crippen LogP contribution in [0.25, 0.3) is 5.65 Å². The van der Waals surface area contributed by atoms with Gasteiger partial charge in [-0.2, -0.15) is 19.6 Å². The minimum absolute atomic E-state index is 0.0552. The van der Waals surface area contributed by atoms with Crippen LogP contribution in [0.4, 0.5) is 11.6 Å². The van der Waals surface area contributed by atoms with Crippen molar-refractivity contribution in [1.82, 2.24) is 24.5 Å².